The summed E-state index contributed by atoms with van der Waals surface area (Å²) in [6.07, 6.45) is 5.38. The first-order valence-corrected chi connectivity index (χ1v) is 7.27. The van der Waals surface area contributed by atoms with Crippen LogP contribution in [-0.4, -0.2) is 25.5 Å². The van der Waals surface area contributed by atoms with Crippen LogP contribution in [0.15, 0.2) is 41.3 Å². The molecule has 6 nitrogen and oxygen atoms in total. The summed E-state index contributed by atoms with van der Waals surface area (Å²) in [6, 6.07) is 4.87. The number of hydrogen-bond donors (Lipinski definition) is 1. The summed E-state index contributed by atoms with van der Waals surface area (Å²) in [7, 11) is 0. The highest BCUT2D eigenvalue weighted by Crippen LogP contribution is 2.20. The van der Waals surface area contributed by atoms with Gasteiger partial charge in [-0.15, -0.1) is 5.10 Å². The minimum absolute atomic E-state index is 0.301. The van der Waals surface area contributed by atoms with Crippen LogP contribution in [0.2, 0.25) is 0 Å². The van der Waals surface area contributed by atoms with E-state index in [0.717, 1.165) is 5.69 Å². The highest BCUT2D eigenvalue weighted by molar-refractivity contribution is 5.53. The monoisotopic (exact) mass is 315 g/mol. The van der Waals surface area contributed by atoms with Crippen molar-refractivity contribution < 1.29 is 8.81 Å². The Morgan fingerprint density at radius 2 is 2.17 bits per heavy atom. The summed E-state index contributed by atoms with van der Waals surface area (Å²) in [6.45, 7) is 4.15. The van der Waals surface area contributed by atoms with Crippen molar-refractivity contribution in [2.24, 2.45) is 5.73 Å². The molecule has 2 N–H and O–H groups in total. The lowest BCUT2D eigenvalue weighted by Crippen LogP contribution is -2.34. The van der Waals surface area contributed by atoms with E-state index in [1.807, 2.05) is 13.8 Å². The van der Waals surface area contributed by atoms with E-state index in [1.165, 1.54) is 18.5 Å². The lowest BCUT2D eigenvalue weighted by molar-refractivity contribution is 0.509. The first kappa shape index (κ1) is 15.4. The molecule has 7 heteroatoms. The minimum atomic E-state index is -0.357. The molecule has 0 aliphatic carbocycles. The molecule has 0 saturated heterocycles. The van der Waals surface area contributed by atoms with Crippen molar-refractivity contribution in [3.63, 3.8) is 0 Å². The number of halogens is 1. The fourth-order valence-corrected chi connectivity index (χ4v) is 2.31. The Bertz CT molecular complexity index is 789. The van der Waals surface area contributed by atoms with Gasteiger partial charge in [0, 0.05) is 29.3 Å². The van der Waals surface area contributed by atoms with E-state index >= 15 is 0 Å². The molecule has 3 aromatic rings. The van der Waals surface area contributed by atoms with Crippen LogP contribution in [-0.2, 0) is 13.0 Å². The topological polar surface area (TPSA) is 82.8 Å². The molecule has 0 fully saturated rings. The molecule has 23 heavy (non-hydrogen) atoms. The number of benzene rings is 1. The highest BCUT2D eigenvalue weighted by Gasteiger charge is 2.15. The molecule has 0 radical (unpaired) electrons. The predicted octanol–water partition coefficient (Wildman–Crippen LogP) is 2.40. The Kier molecular flexibility index (Phi) is 3.96. The second-order valence-electron chi connectivity index (χ2n) is 6.22. The molecule has 0 aliphatic heterocycles. The molecule has 3 rings (SSSR count). The fraction of sp³-hybridized carbons (Fsp3) is 0.312. The van der Waals surface area contributed by atoms with Gasteiger partial charge in [0.1, 0.15) is 12.1 Å². The van der Waals surface area contributed by atoms with Gasteiger partial charge in [-0.2, -0.15) is 0 Å². The molecule has 0 spiro atoms. The quantitative estimate of drug-likeness (QED) is 0.781. The van der Waals surface area contributed by atoms with Crippen molar-refractivity contribution in [3.05, 3.63) is 53.9 Å². The number of aromatic nitrogens is 4. The maximum atomic E-state index is 14.3. The number of nitrogens with zero attached hydrogens (tertiary/aromatic N) is 4. The molecule has 2 heterocycles. The van der Waals surface area contributed by atoms with Crippen LogP contribution in [0.3, 0.4) is 0 Å². The third kappa shape index (κ3) is 3.81. The molecule has 1 aromatic carbocycles. The van der Waals surface area contributed by atoms with Gasteiger partial charge in [0.25, 0.3) is 0 Å². The summed E-state index contributed by atoms with van der Waals surface area (Å²) in [5.41, 5.74) is 7.51. The Labute approximate surface area is 133 Å². The molecule has 0 aliphatic rings. The zero-order valence-corrected chi connectivity index (χ0v) is 13.0. The number of hydrogen-bond acceptors (Lipinski definition) is 5. The average molecular weight is 315 g/mol. The molecular weight excluding hydrogens is 297 g/mol. The summed E-state index contributed by atoms with van der Waals surface area (Å²) in [5, 5.41) is 8.09. The number of nitrogens with two attached hydrogens (primary N) is 1. The predicted molar refractivity (Wildman–Crippen MR) is 83.0 cm³/mol. The minimum Gasteiger partial charge on any atom is -0.445 e. The van der Waals surface area contributed by atoms with Crippen LogP contribution in [0.4, 0.5) is 4.39 Å². The zero-order valence-electron chi connectivity index (χ0n) is 13.0. The van der Waals surface area contributed by atoms with Gasteiger partial charge >= 0.3 is 0 Å². The van der Waals surface area contributed by atoms with Crippen molar-refractivity contribution in [3.8, 4) is 11.5 Å². The zero-order chi connectivity index (χ0) is 16.4. The highest BCUT2D eigenvalue weighted by atomic mass is 19.1. The summed E-state index contributed by atoms with van der Waals surface area (Å²) in [5.74, 6) is 0.0561. The van der Waals surface area contributed by atoms with E-state index in [4.69, 9.17) is 10.2 Å². The third-order valence-corrected chi connectivity index (χ3v) is 3.29. The molecular formula is C16H18FN5O. The van der Waals surface area contributed by atoms with Gasteiger partial charge in [0.05, 0.1) is 18.4 Å². The Morgan fingerprint density at radius 3 is 2.83 bits per heavy atom. The average Bonchev–Trinajstić information content (AvgIpc) is 3.11. The normalized spacial score (nSPS) is 11.8. The van der Waals surface area contributed by atoms with E-state index in [9.17, 15) is 4.39 Å². The Balaban J connectivity index is 1.76. The maximum absolute atomic E-state index is 14.3. The van der Waals surface area contributed by atoms with Crippen LogP contribution < -0.4 is 5.73 Å². The van der Waals surface area contributed by atoms with Crippen LogP contribution in [0.5, 0.6) is 0 Å². The summed E-state index contributed by atoms with van der Waals surface area (Å²) < 4.78 is 21.0. The molecule has 2 aromatic heterocycles. The maximum Gasteiger partial charge on any atom is 0.225 e. The molecule has 0 unspecified atom stereocenters. The van der Waals surface area contributed by atoms with Gasteiger partial charge in [-0.05, 0) is 26.0 Å². The first-order valence-electron chi connectivity index (χ1n) is 7.27. The second kappa shape index (κ2) is 5.92. The van der Waals surface area contributed by atoms with Gasteiger partial charge in [-0.25, -0.2) is 14.1 Å². The van der Waals surface area contributed by atoms with Crippen LogP contribution in [0.1, 0.15) is 25.1 Å². The molecule has 120 valence electrons. The molecule has 0 amide bonds. The molecule has 0 saturated carbocycles. The number of rotatable bonds is 5. The van der Waals surface area contributed by atoms with Gasteiger partial charge < -0.3 is 10.2 Å². The van der Waals surface area contributed by atoms with E-state index in [-0.39, 0.29) is 11.4 Å². The van der Waals surface area contributed by atoms with Crippen molar-refractivity contribution in [2.45, 2.75) is 32.4 Å². The van der Waals surface area contributed by atoms with E-state index in [1.54, 1.807) is 23.0 Å². The van der Waals surface area contributed by atoms with Gasteiger partial charge in [-0.3, -0.25) is 0 Å². The fourth-order valence-electron chi connectivity index (χ4n) is 2.31. The van der Waals surface area contributed by atoms with Crippen molar-refractivity contribution in [2.75, 3.05) is 0 Å². The Morgan fingerprint density at radius 1 is 1.35 bits per heavy atom. The largest absolute Gasteiger partial charge is 0.445 e. The van der Waals surface area contributed by atoms with Gasteiger partial charge in [0.2, 0.25) is 5.89 Å². The van der Waals surface area contributed by atoms with Crippen molar-refractivity contribution >= 4 is 0 Å². The lowest BCUT2D eigenvalue weighted by atomic mass is 10.0. The summed E-state index contributed by atoms with van der Waals surface area (Å²) >= 11 is 0. The van der Waals surface area contributed by atoms with Crippen molar-refractivity contribution in [1.82, 2.24) is 20.0 Å². The van der Waals surface area contributed by atoms with Gasteiger partial charge in [-0.1, -0.05) is 11.3 Å². The first-order chi connectivity index (χ1) is 10.9. The number of oxazole rings is 1. The standard InChI is InChI=1S/C16H18FN5O/c1-16(2,18)8-13-10-22(21-20-13)9-12-4-3-11(7-14(12)17)15-19-5-6-23-15/h3-7,10H,8-9,18H2,1-2H3. The van der Waals surface area contributed by atoms with Crippen LogP contribution in [0, 0.1) is 5.82 Å². The van der Waals surface area contributed by atoms with Crippen LogP contribution in [0.25, 0.3) is 11.5 Å². The van der Waals surface area contributed by atoms with Crippen LogP contribution >= 0.6 is 0 Å². The smallest absolute Gasteiger partial charge is 0.225 e. The third-order valence-electron chi connectivity index (χ3n) is 3.29. The van der Waals surface area contributed by atoms with E-state index in [0.29, 0.717) is 30.0 Å². The van der Waals surface area contributed by atoms with E-state index in [2.05, 4.69) is 15.3 Å². The molecule has 0 bridgehead atoms. The molecule has 0 atom stereocenters. The van der Waals surface area contributed by atoms with Gasteiger partial charge in [0.15, 0.2) is 0 Å². The SMILES string of the molecule is CC(C)(N)Cc1cn(Cc2ccc(-c3ncco3)cc2F)nn1. The Hall–Kier alpha value is -2.54. The van der Waals surface area contributed by atoms with E-state index < -0.39 is 0 Å². The summed E-state index contributed by atoms with van der Waals surface area (Å²) in [4.78, 5) is 4.01. The second-order valence-corrected chi connectivity index (χ2v) is 6.22. The lowest BCUT2D eigenvalue weighted by Gasteiger charge is -2.15. The van der Waals surface area contributed by atoms with Crippen molar-refractivity contribution in [1.29, 1.82) is 0 Å².